The number of carbonyl (C=O) groups excluding carboxylic acids is 1. The van der Waals surface area contributed by atoms with Crippen molar-refractivity contribution in [3.63, 3.8) is 0 Å². The molecule has 1 aromatic rings. The number of amides is 1. The number of benzene rings is 1. The third kappa shape index (κ3) is 2.33. The summed E-state index contributed by atoms with van der Waals surface area (Å²) in [6.45, 7) is 2.65. The largest absolute Gasteiger partial charge is 0.387 e. The van der Waals surface area contributed by atoms with Crippen LogP contribution >= 0.6 is 0 Å². The highest BCUT2D eigenvalue weighted by Crippen LogP contribution is 2.15. The summed E-state index contributed by atoms with van der Waals surface area (Å²) in [6.07, 6.45) is 0. The maximum absolute atomic E-state index is 11.3. The second-order valence-electron chi connectivity index (χ2n) is 3.86. The molecule has 16 heavy (non-hydrogen) atoms. The SMILES string of the molecule is O=C(CO)N1CCN(c2ccccc2)CC1. The number of piperazine rings is 1. The van der Waals surface area contributed by atoms with Crippen LogP contribution in [0.3, 0.4) is 0 Å². The Balaban J connectivity index is 1.93. The first-order valence-corrected chi connectivity index (χ1v) is 5.50. The van der Waals surface area contributed by atoms with Gasteiger partial charge in [0, 0.05) is 31.9 Å². The molecule has 1 N–H and O–H groups in total. The van der Waals surface area contributed by atoms with E-state index in [2.05, 4.69) is 17.0 Å². The standard InChI is InChI=1S/C12H16N2O2/c15-10-12(16)14-8-6-13(7-9-14)11-4-2-1-3-5-11/h1-5,15H,6-10H2. The molecule has 0 bridgehead atoms. The molecule has 0 aliphatic carbocycles. The van der Waals surface area contributed by atoms with Gasteiger partial charge in [0.05, 0.1) is 0 Å². The van der Waals surface area contributed by atoms with Crippen molar-refractivity contribution >= 4 is 11.6 Å². The number of hydrogen-bond acceptors (Lipinski definition) is 3. The van der Waals surface area contributed by atoms with Gasteiger partial charge >= 0.3 is 0 Å². The zero-order valence-electron chi connectivity index (χ0n) is 9.17. The molecule has 0 saturated carbocycles. The van der Waals surface area contributed by atoms with Crippen molar-refractivity contribution in [3.8, 4) is 0 Å². The third-order valence-corrected chi connectivity index (χ3v) is 2.89. The minimum atomic E-state index is -0.384. The minimum absolute atomic E-state index is 0.173. The molecule has 0 atom stereocenters. The Morgan fingerprint density at radius 3 is 2.31 bits per heavy atom. The smallest absolute Gasteiger partial charge is 0.248 e. The van der Waals surface area contributed by atoms with Crippen molar-refractivity contribution in [1.82, 2.24) is 4.90 Å². The molecule has 1 heterocycles. The van der Waals surface area contributed by atoms with Crippen LogP contribution in [0.4, 0.5) is 5.69 Å². The predicted octanol–water partition coefficient (Wildman–Crippen LogP) is 0.327. The third-order valence-electron chi connectivity index (χ3n) is 2.89. The second kappa shape index (κ2) is 4.99. The quantitative estimate of drug-likeness (QED) is 0.781. The van der Waals surface area contributed by atoms with E-state index in [9.17, 15) is 4.79 Å². The molecule has 86 valence electrons. The van der Waals surface area contributed by atoms with Crippen molar-refractivity contribution in [2.75, 3.05) is 37.7 Å². The highest BCUT2D eigenvalue weighted by atomic mass is 16.3. The molecule has 4 nitrogen and oxygen atoms in total. The van der Waals surface area contributed by atoms with E-state index in [1.165, 1.54) is 5.69 Å². The number of anilines is 1. The number of aliphatic hydroxyl groups excluding tert-OH is 1. The first-order valence-electron chi connectivity index (χ1n) is 5.50. The normalized spacial score (nSPS) is 16.3. The average molecular weight is 220 g/mol. The van der Waals surface area contributed by atoms with Crippen molar-refractivity contribution in [2.45, 2.75) is 0 Å². The fraction of sp³-hybridized carbons (Fsp3) is 0.417. The molecular weight excluding hydrogens is 204 g/mol. The number of para-hydroxylation sites is 1. The Labute approximate surface area is 95.1 Å². The second-order valence-corrected chi connectivity index (χ2v) is 3.86. The summed E-state index contributed by atoms with van der Waals surface area (Å²) in [5, 5.41) is 8.77. The summed E-state index contributed by atoms with van der Waals surface area (Å²) >= 11 is 0. The maximum Gasteiger partial charge on any atom is 0.248 e. The lowest BCUT2D eigenvalue weighted by Gasteiger charge is -2.35. The van der Waals surface area contributed by atoms with E-state index < -0.39 is 0 Å². The van der Waals surface area contributed by atoms with Crippen LogP contribution in [-0.4, -0.2) is 48.7 Å². The van der Waals surface area contributed by atoms with Gasteiger partial charge in [-0.2, -0.15) is 0 Å². The van der Waals surface area contributed by atoms with E-state index in [1.807, 2.05) is 18.2 Å². The molecule has 1 amide bonds. The Hall–Kier alpha value is -1.55. The van der Waals surface area contributed by atoms with Crippen LogP contribution < -0.4 is 4.90 Å². The number of carbonyl (C=O) groups is 1. The summed E-state index contributed by atoms with van der Waals surface area (Å²) in [4.78, 5) is 15.2. The summed E-state index contributed by atoms with van der Waals surface area (Å²) in [6, 6.07) is 10.2. The van der Waals surface area contributed by atoms with Gasteiger partial charge in [0.1, 0.15) is 6.61 Å². The van der Waals surface area contributed by atoms with Gasteiger partial charge in [-0.3, -0.25) is 4.79 Å². The highest BCUT2D eigenvalue weighted by Gasteiger charge is 2.20. The zero-order chi connectivity index (χ0) is 11.4. The molecule has 2 rings (SSSR count). The lowest BCUT2D eigenvalue weighted by atomic mass is 10.2. The van der Waals surface area contributed by atoms with E-state index in [0.29, 0.717) is 13.1 Å². The topological polar surface area (TPSA) is 43.8 Å². The number of rotatable bonds is 2. The molecular formula is C12H16N2O2. The Morgan fingerprint density at radius 2 is 1.75 bits per heavy atom. The lowest BCUT2D eigenvalue weighted by molar-refractivity contribution is -0.134. The number of nitrogens with zero attached hydrogens (tertiary/aromatic N) is 2. The molecule has 1 fully saturated rings. The van der Waals surface area contributed by atoms with Gasteiger partial charge in [0.15, 0.2) is 0 Å². The highest BCUT2D eigenvalue weighted by molar-refractivity contribution is 5.77. The Morgan fingerprint density at radius 1 is 1.12 bits per heavy atom. The predicted molar refractivity (Wildman–Crippen MR) is 62.3 cm³/mol. The van der Waals surface area contributed by atoms with Gasteiger partial charge in [-0.05, 0) is 12.1 Å². The maximum atomic E-state index is 11.3. The first kappa shape index (κ1) is 11.0. The van der Waals surface area contributed by atoms with Crippen molar-refractivity contribution in [3.05, 3.63) is 30.3 Å². The van der Waals surface area contributed by atoms with Crippen LogP contribution in [0.15, 0.2) is 30.3 Å². The number of hydrogen-bond donors (Lipinski definition) is 1. The monoisotopic (exact) mass is 220 g/mol. The molecule has 0 aromatic heterocycles. The van der Waals surface area contributed by atoms with Gasteiger partial charge in [0.2, 0.25) is 5.91 Å². The van der Waals surface area contributed by atoms with Crippen LogP contribution in [-0.2, 0) is 4.79 Å². The summed E-state index contributed by atoms with van der Waals surface area (Å²) < 4.78 is 0. The molecule has 4 heteroatoms. The molecule has 1 aliphatic heterocycles. The zero-order valence-corrected chi connectivity index (χ0v) is 9.17. The van der Waals surface area contributed by atoms with Crippen LogP contribution in [0.1, 0.15) is 0 Å². The first-order chi connectivity index (χ1) is 7.81. The molecule has 1 aliphatic rings. The summed E-state index contributed by atoms with van der Waals surface area (Å²) in [7, 11) is 0. The van der Waals surface area contributed by atoms with Gasteiger partial charge in [-0.25, -0.2) is 0 Å². The number of aliphatic hydroxyl groups is 1. The van der Waals surface area contributed by atoms with Crippen LogP contribution in [0.2, 0.25) is 0 Å². The van der Waals surface area contributed by atoms with E-state index in [-0.39, 0.29) is 12.5 Å². The minimum Gasteiger partial charge on any atom is -0.387 e. The van der Waals surface area contributed by atoms with Crippen LogP contribution in [0.5, 0.6) is 0 Å². The Kier molecular flexibility index (Phi) is 3.41. The molecule has 1 saturated heterocycles. The van der Waals surface area contributed by atoms with Crippen LogP contribution in [0.25, 0.3) is 0 Å². The van der Waals surface area contributed by atoms with Crippen molar-refractivity contribution in [1.29, 1.82) is 0 Å². The van der Waals surface area contributed by atoms with Crippen molar-refractivity contribution in [2.24, 2.45) is 0 Å². The van der Waals surface area contributed by atoms with E-state index in [1.54, 1.807) is 4.90 Å². The van der Waals surface area contributed by atoms with Gasteiger partial charge in [-0.15, -0.1) is 0 Å². The van der Waals surface area contributed by atoms with Gasteiger partial charge < -0.3 is 14.9 Å². The molecule has 0 spiro atoms. The molecule has 0 radical (unpaired) electrons. The lowest BCUT2D eigenvalue weighted by Crippen LogP contribution is -2.49. The van der Waals surface area contributed by atoms with Crippen molar-refractivity contribution < 1.29 is 9.90 Å². The Bertz CT molecular complexity index is 345. The summed E-state index contributed by atoms with van der Waals surface area (Å²) in [5.41, 5.74) is 1.19. The average Bonchev–Trinajstić information content (AvgIpc) is 2.39. The molecule has 0 unspecified atom stereocenters. The van der Waals surface area contributed by atoms with E-state index in [4.69, 9.17) is 5.11 Å². The van der Waals surface area contributed by atoms with Gasteiger partial charge in [-0.1, -0.05) is 18.2 Å². The van der Waals surface area contributed by atoms with E-state index in [0.717, 1.165) is 13.1 Å². The fourth-order valence-corrected chi connectivity index (χ4v) is 1.95. The van der Waals surface area contributed by atoms with Gasteiger partial charge in [0.25, 0.3) is 0 Å². The fourth-order valence-electron chi connectivity index (χ4n) is 1.95. The summed E-state index contributed by atoms with van der Waals surface area (Å²) in [5.74, 6) is -0.173. The van der Waals surface area contributed by atoms with Crippen LogP contribution in [0, 0.1) is 0 Å². The van der Waals surface area contributed by atoms with E-state index >= 15 is 0 Å². The molecule has 1 aromatic carbocycles.